The summed E-state index contributed by atoms with van der Waals surface area (Å²) >= 11 is 0. The van der Waals surface area contributed by atoms with Gasteiger partial charge in [-0.1, -0.05) is 40.0 Å². The third-order valence-corrected chi connectivity index (χ3v) is 9.41. The molecule has 9 nitrogen and oxygen atoms in total. The van der Waals surface area contributed by atoms with Crippen LogP contribution in [0.1, 0.15) is 70.4 Å². The lowest BCUT2D eigenvalue weighted by Crippen LogP contribution is -2.37. The van der Waals surface area contributed by atoms with Gasteiger partial charge in [0.2, 0.25) is 15.9 Å². The number of rotatable bonds is 13. The highest BCUT2D eigenvalue weighted by molar-refractivity contribution is 7.89. The van der Waals surface area contributed by atoms with Crippen molar-refractivity contribution in [2.45, 2.75) is 90.7 Å². The third kappa shape index (κ3) is 6.90. The molecule has 1 aliphatic rings. The average molecular weight is 547 g/mol. The molecule has 2 heterocycles. The molecule has 1 fully saturated rings. The zero-order valence-corrected chi connectivity index (χ0v) is 24.1. The molecule has 0 aliphatic carbocycles. The summed E-state index contributed by atoms with van der Waals surface area (Å²) in [7, 11) is -3.67. The predicted molar refractivity (Wildman–Crippen MR) is 149 cm³/mol. The van der Waals surface area contributed by atoms with E-state index < -0.39 is 10.0 Å². The van der Waals surface area contributed by atoms with Gasteiger partial charge in [0.1, 0.15) is 5.69 Å². The Hall–Kier alpha value is -2.56. The van der Waals surface area contributed by atoms with Crippen molar-refractivity contribution >= 4 is 21.4 Å². The maximum atomic E-state index is 13.2. The second-order valence-corrected chi connectivity index (χ2v) is 12.0. The number of aromatic hydroxyl groups is 1. The molecule has 0 radical (unpaired) electrons. The van der Waals surface area contributed by atoms with Crippen LogP contribution >= 0.6 is 0 Å². The van der Waals surface area contributed by atoms with Crippen LogP contribution in [0.3, 0.4) is 0 Å². The molecule has 1 aliphatic heterocycles. The van der Waals surface area contributed by atoms with E-state index >= 15 is 0 Å². The van der Waals surface area contributed by atoms with E-state index in [1.165, 1.54) is 21.0 Å². The number of likely N-dealkylation sites (N-methyl/N-ethyl adjacent to an activating group) is 1. The lowest BCUT2D eigenvalue weighted by Gasteiger charge is -2.23. The zero-order valence-electron chi connectivity index (χ0n) is 23.3. The molecule has 3 rings (SSSR count). The second-order valence-electron chi connectivity index (χ2n) is 10.0. The van der Waals surface area contributed by atoms with Crippen LogP contribution in [-0.4, -0.2) is 48.2 Å². The van der Waals surface area contributed by atoms with Gasteiger partial charge in [0.25, 0.3) is 5.56 Å². The predicted octanol–water partition coefficient (Wildman–Crippen LogP) is 5.99. The molecule has 0 saturated carbocycles. The van der Waals surface area contributed by atoms with E-state index in [0.717, 1.165) is 38.5 Å². The van der Waals surface area contributed by atoms with Gasteiger partial charge in [-0.3, -0.25) is 9.36 Å². The fourth-order valence-electron chi connectivity index (χ4n) is 4.75. The van der Waals surface area contributed by atoms with Gasteiger partial charge in [-0.25, -0.2) is 8.42 Å². The van der Waals surface area contributed by atoms with Crippen molar-refractivity contribution in [3.63, 3.8) is 0 Å². The highest BCUT2D eigenvalue weighted by atomic mass is 32.2. The first kappa shape index (κ1) is 30.0. The molecule has 1 saturated heterocycles. The molecule has 1 aromatic heterocycles. The van der Waals surface area contributed by atoms with Crippen molar-refractivity contribution in [2.75, 3.05) is 19.7 Å². The van der Waals surface area contributed by atoms with Gasteiger partial charge in [0, 0.05) is 31.8 Å². The molecule has 1 aromatic carbocycles. The van der Waals surface area contributed by atoms with Crippen molar-refractivity contribution in [1.82, 2.24) is 8.87 Å². The number of nitrogens with zero attached hydrogens (tertiary/aromatic N) is 4. The Balaban J connectivity index is 1.84. The first-order chi connectivity index (χ1) is 18.1. The van der Waals surface area contributed by atoms with Crippen molar-refractivity contribution in [3.8, 4) is 5.88 Å². The minimum atomic E-state index is -3.67. The van der Waals surface area contributed by atoms with Crippen LogP contribution in [0.15, 0.2) is 44.2 Å². The maximum absolute atomic E-state index is 13.2. The summed E-state index contributed by atoms with van der Waals surface area (Å²) in [6.45, 7) is 11.3. The Labute approximate surface area is 226 Å². The van der Waals surface area contributed by atoms with Gasteiger partial charge in [-0.2, -0.15) is 9.42 Å². The van der Waals surface area contributed by atoms with Gasteiger partial charge >= 0.3 is 0 Å². The van der Waals surface area contributed by atoms with Crippen LogP contribution in [0.25, 0.3) is 0 Å². The lowest BCUT2D eigenvalue weighted by molar-refractivity contribution is 0.0947. The molecule has 2 atom stereocenters. The average Bonchev–Trinajstić information content (AvgIpc) is 3.44. The number of azo groups is 1. The maximum Gasteiger partial charge on any atom is 0.256 e. The van der Waals surface area contributed by atoms with E-state index in [-0.39, 0.29) is 34.0 Å². The number of pyridine rings is 1. The van der Waals surface area contributed by atoms with E-state index in [1.807, 2.05) is 6.92 Å². The SMILES string of the molecule is CCCCC(CC)Cn1c(O)c(/N=N/c2ccc(S(=O)(=O)N(CC)CC3CCCO3)cc2)c(C)c(C)c1=O. The number of aromatic nitrogens is 1. The van der Waals surface area contributed by atoms with Gasteiger partial charge in [-0.15, -0.1) is 5.11 Å². The Bertz CT molecular complexity index is 1270. The second kappa shape index (κ2) is 13.5. The van der Waals surface area contributed by atoms with Crippen LogP contribution in [-0.2, 0) is 21.3 Å². The Morgan fingerprint density at radius 3 is 2.42 bits per heavy atom. The Morgan fingerprint density at radius 1 is 1.13 bits per heavy atom. The summed E-state index contributed by atoms with van der Waals surface area (Å²) in [5, 5.41) is 19.5. The highest BCUT2D eigenvalue weighted by Gasteiger charge is 2.28. The molecular weight excluding hydrogens is 504 g/mol. The molecule has 1 N–H and O–H groups in total. The van der Waals surface area contributed by atoms with Gasteiger partial charge in [-0.05, 0) is 68.9 Å². The first-order valence-electron chi connectivity index (χ1n) is 13.7. The standard InChI is InChI=1S/C28H42N4O5S/c1-6-9-11-22(7-2)18-32-27(33)21(5)20(4)26(28(32)34)30-29-23-13-15-25(16-14-23)38(35,36)31(8-3)19-24-12-10-17-37-24/h13-16,22,24,34H,6-12,17-19H2,1-5H3/b30-29+. The van der Waals surface area contributed by atoms with Gasteiger partial charge in [0.05, 0.1) is 16.7 Å². The molecule has 210 valence electrons. The fraction of sp³-hybridized carbons (Fsp3) is 0.607. The van der Waals surface area contributed by atoms with Crippen LogP contribution in [0.2, 0.25) is 0 Å². The van der Waals surface area contributed by atoms with Crippen molar-refractivity contribution in [2.24, 2.45) is 16.1 Å². The molecule has 0 amide bonds. The smallest absolute Gasteiger partial charge is 0.256 e. The summed E-state index contributed by atoms with van der Waals surface area (Å²) in [5.74, 6) is 0.0894. The van der Waals surface area contributed by atoms with E-state index in [0.29, 0.717) is 43.1 Å². The normalized spacial score (nSPS) is 17.1. The van der Waals surface area contributed by atoms with E-state index in [1.54, 1.807) is 26.0 Å². The minimum absolute atomic E-state index is 0.0697. The summed E-state index contributed by atoms with van der Waals surface area (Å²) in [4.78, 5) is 13.1. The third-order valence-electron chi connectivity index (χ3n) is 7.46. The number of benzene rings is 1. The molecule has 2 aromatic rings. The summed E-state index contributed by atoms with van der Waals surface area (Å²) in [6.07, 6.45) is 5.79. The molecule has 2 unspecified atom stereocenters. The summed E-state index contributed by atoms with van der Waals surface area (Å²) < 4.78 is 34.8. The quantitative estimate of drug-likeness (QED) is 0.310. The van der Waals surface area contributed by atoms with Crippen LogP contribution < -0.4 is 5.56 Å². The number of hydrogen-bond donors (Lipinski definition) is 1. The van der Waals surface area contributed by atoms with Crippen LogP contribution in [0, 0.1) is 19.8 Å². The summed E-state index contributed by atoms with van der Waals surface area (Å²) in [5.41, 5.74) is 1.56. The van der Waals surface area contributed by atoms with Crippen LogP contribution in [0.5, 0.6) is 5.88 Å². The molecule has 0 spiro atoms. The highest BCUT2D eigenvalue weighted by Crippen LogP contribution is 2.33. The molecule has 0 bridgehead atoms. The van der Waals surface area contributed by atoms with E-state index in [9.17, 15) is 18.3 Å². The van der Waals surface area contributed by atoms with Crippen molar-refractivity contribution < 1.29 is 18.3 Å². The van der Waals surface area contributed by atoms with Crippen LogP contribution in [0.4, 0.5) is 11.4 Å². The fourth-order valence-corrected chi connectivity index (χ4v) is 6.23. The zero-order chi connectivity index (χ0) is 27.9. The van der Waals surface area contributed by atoms with E-state index in [2.05, 4.69) is 24.1 Å². The van der Waals surface area contributed by atoms with Crippen molar-refractivity contribution in [1.29, 1.82) is 0 Å². The number of hydrogen-bond acceptors (Lipinski definition) is 7. The lowest BCUT2D eigenvalue weighted by atomic mass is 9.99. The Morgan fingerprint density at radius 2 is 1.84 bits per heavy atom. The van der Waals surface area contributed by atoms with Gasteiger partial charge in [0.15, 0.2) is 0 Å². The topological polar surface area (TPSA) is 114 Å². The number of sulfonamides is 1. The monoisotopic (exact) mass is 546 g/mol. The van der Waals surface area contributed by atoms with Gasteiger partial charge < -0.3 is 9.84 Å². The minimum Gasteiger partial charge on any atom is -0.493 e. The van der Waals surface area contributed by atoms with Crippen molar-refractivity contribution in [3.05, 3.63) is 45.7 Å². The molecule has 10 heteroatoms. The first-order valence-corrected chi connectivity index (χ1v) is 15.1. The number of unbranched alkanes of at least 4 members (excludes halogenated alkanes) is 1. The largest absolute Gasteiger partial charge is 0.493 e. The van der Waals surface area contributed by atoms with E-state index in [4.69, 9.17) is 4.74 Å². The number of ether oxygens (including phenoxy) is 1. The summed E-state index contributed by atoms with van der Waals surface area (Å²) in [6, 6.07) is 6.20. The Kier molecular flexibility index (Phi) is 10.6. The molecular formula is C28H42N4O5S. The molecule has 38 heavy (non-hydrogen) atoms.